The number of aryl methyl sites for hydroxylation is 1. The molecule has 10 heteroatoms. The molecule has 160 valence electrons. The van der Waals surface area contributed by atoms with Gasteiger partial charge in [0.1, 0.15) is 11.4 Å². The van der Waals surface area contributed by atoms with Gasteiger partial charge in [0, 0.05) is 45.7 Å². The molecular weight excluding hydrogens is 388 g/mol. The van der Waals surface area contributed by atoms with Gasteiger partial charge < -0.3 is 19.1 Å². The maximum atomic E-state index is 11.9. The number of furan rings is 1. The van der Waals surface area contributed by atoms with E-state index in [-0.39, 0.29) is 22.2 Å². The van der Waals surface area contributed by atoms with Crippen LogP contribution in [0.2, 0.25) is 0 Å². The van der Waals surface area contributed by atoms with Crippen molar-refractivity contribution < 1.29 is 14.0 Å². The number of likely N-dealkylation sites (N-methyl/N-ethyl adjacent to an activating group) is 1. The Labute approximate surface area is 174 Å². The summed E-state index contributed by atoms with van der Waals surface area (Å²) >= 11 is 0. The first kappa shape index (κ1) is 20.1. The molecule has 0 aliphatic carbocycles. The summed E-state index contributed by atoms with van der Waals surface area (Å²) in [6.45, 7) is 5.23. The van der Waals surface area contributed by atoms with E-state index in [2.05, 4.69) is 39.0 Å². The van der Waals surface area contributed by atoms with Gasteiger partial charge in [-0.2, -0.15) is 0 Å². The number of aromatic nitrogens is 2. The molecule has 3 aromatic rings. The zero-order valence-electron chi connectivity index (χ0n) is 17.4. The lowest BCUT2D eigenvalue weighted by Gasteiger charge is -2.34. The lowest BCUT2D eigenvalue weighted by atomic mass is 10.1. The highest BCUT2D eigenvalue weighted by Gasteiger charge is 2.31. The van der Waals surface area contributed by atoms with Gasteiger partial charge in [-0.05, 0) is 48.9 Å². The zero-order chi connectivity index (χ0) is 21.3. The number of rotatable bonds is 7. The molecule has 3 heterocycles. The van der Waals surface area contributed by atoms with Gasteiger partial charge in [0.05, 0.1) is 16.9 Å². The third-order valence-electron chi connectivity index (χ3n) is 5.93. The normalized spacial score (nSPS) is 16.2. The highest BCUT2D eigenvalue weighted by molar-refractivity contribution is 6.00. The van der Waals surface area contributed by atoms with E-state index in [0.29, 0.717) is 24.3 Å². The van der Waals surface area contributed by atoms with E-state index in [4.69, 9.17) is 9.05 Å². The molecule has 1 unspecified atom stereocenters. The van der Waals surface area contributed by atoms with Crippen molar-refractivity contribution in [2.45, 2.75) is 25.8 Å². The lowest BCUT2D eigenvalue weighted by molar-refractivity contribution is -0.382. The number of nitrogens with zero attached hydrogens (tertiary/aromatic N) is 6. The number of nitro benzene ring substituents is 1. The molecule has 1 saturated heterocycles. The molecule has 2 aromatic heterocycles. The molecule has 0 saturated carbocycles. The standard InChI is InChI=1S/C20H26N6O4/c1-14(6-7-15-5-4-12-29-15)24(3)16-13-17(25-10-8-23(2)9-11-25)20(26(27)28)19-18(16)21-30-22-19/h4-5,12-14H,6-11H2,1-3H3. The minimum atomic E-state index is -0.385. The van der Waals surface area contributed by atoms with Crippen LogP contribution in [0, 0.1) is 10.1 Å². The Morgan fingerprint density at radius 3 is 2.67 bits per heavy atom. The molecule has 1 atom stereocenters. The molecule has 0 bridgehead atoms. The number of anilines is 2. The summed E-state index contributed by atoms with van der Waals surface area (Å²) in [6.07, 6.45) is 3.33. The van der Waals surface area contributed by atoms with Crippen molar-refractivity contribution in [3.63, 3.8) is 0 Å². The monoisotopic (exact) mass is 414 g/mol. The Balaban J connectivity index is 1.69. The molecular formula is C20H26N6O4. The molecule has 4 rings (SSSR count). The number of piperazine rings is 1. The molecule has 30 heavy (non-hydrogen) atoms. The number of hydrogen-bond donors (Lipinski definition) is 0. The van der Waals surface area contributed by atoms with Crippen molar-refractivity contribution in [3.8, 4) is 0 Å². The molecule has 0 spiro atoms. The fourth-order valence-corrected chi connectivity index (χ4v) is 3.87. The average molecular weight is 414 g/mol. The van der Waals surface area contributed by atoms with Gasteiger partial charge in [-0.1, -0.05) is 0 Å². The summed E-state index contributed by atoms with van der Waals surface area (Å²) in [7, 11) is 4.02. The van der Waals surface area contributed by atoms with Crippen LogP contribution < -0.4 is 9.80 Å². The summed E-state index contributed by atoms with van der Waals surface area (Å²) in [5.41, 5.74) is 1.90. The van der Waals surface area contributed by atoms with Crippen molar-refractivity contribution in [1.82, 2.24) is 15.2 Å². The van der Waals surface area contributed by atoms with Crippen molar-refractivity contribution in [3.05, 3.63) is 40.3 Å². The van der Waals surface area contributed by atoms with Crippen LogP contribution in [0.5, 0.6) is 0 Å². The van der Waals surface area contributed by atoms with Gasteiger partial charge in [0.15, 0.2) is 5.52 Å². The van der Waals surface area contributed by atoms with Gasteiger partial charge in [0.2, 0.25) is 5.52 Å². The maximum absolute atomic E-state index is 11.9. The Morgan fingerprint density at radius 1 is 1.27 bits per heavy atom. The molecule has 1 fully saturated rings. The van der Waals surface area contributed by atoms with Gasteiger partial charge in [-0.3, -0.25) is 10.1 Å². The lowest BCUT2D eigenvalue weighted by Crippen LogP contribution is -2.44. The van der Waals surface area contributed by atoms with Crippen molar-refractivity contribution in [2.75, 3.05) is 50.1 Å². The van der Waals surface area contributed by atoms with Crippen LogP contribution >= 0.6 is 0 Å². The first-order valence-corrected chi connectivity index (χ1v) is 10.1. The summed E-state index contributed by atoms with van der Waals surface area (Å²) in [4.78, 5) is 17.9. The van der Waals surface area contributed by atoms with Crippen LogP contribution in [-0.2, 0) is 6.42 Å². The summed E-state index contributed by atoms with van der Waals surface area (Å²) in [5, 5.41) is 19.8. The van der Waals surface area contributed by atoms with E-state index >= 15 is 0 Å². The summed E-state index contributed by atoms with van der Waals surface area (Å²) in [6, 6.07) is 5.85. The van der Waals surface area contributed by atoms with Crippen LogP contribution in [0.1, 0.15) is 19.1 Å². The predicted octanol–water partition coefficient (Wildman–Crippen LogP) is 2.93. The topological polar surface area (TPSA) is 105 Å². The quantitative estimate of drug-likeness (QED) is 0.426. The fourth-order valence-electron chi connectivity index (χ4n) is 3.87. The smallest absolute Gasteiger partial charge is 0.323 e. The summed E-state index contributed by atoms with van der Waals surface area (Å²) < 4.78 is 10.4. The fraction of sp³-hybridized carbons (Fsp3) is 0.500. The Morgan fingerprint density at radius 2 is 2.00 bits per heavy atom. The first-order valence-electron chi connectivity index (χ1n) is 10.1. The maximum Gasteiger partial charge on any atom is 0.323 e. The number of benzene rings is 1. The molecule has 0 amide bonds. The molecule has 1 aliphatic rings. The Hall–Kier alpha value is -3.14. The molecule has 10 nitrogen and oxygen atoms in total. The van der Waals surface area contributed by atoms with Crippen molar-refractivity contribution in [1.29, 1.82) is 0 Å². The second-order valence-electron chi connectivity index (χ2n) is 7.85. The third-order valence-corrected chi connectivity index (χ3v) is 5.93. The van der Waals surface area contributed by atoms with E-state index in [1.165, 1.54) is 0 Å². The average Bonchev–Trinajstić information content (AvgIpc) is 3.42. The first-order chi connectivity index (χ1) is 14.5. The largest absolute Gasteiger partial charge is 0.469 e. The number of nitro groups is 1. The van der Waals surface area contributed by atoms with Crippen LogP contribution in [0.25, 0.3) is 11.0 Å². The van der Waals surface area contributed by atoms with Gasteiger partial charge in [0.25, 0.3) is 0 Å². The second kappa shape index (κ2) is 8.31. The van der Waals surface area contributed by atoms with E-state index in [9.17, 15) is 10.1 Å². The van der Waals surface area contributed by atoms with Crippen molar-refractivity contribution in [2.24, 2.45) is 0 Å². The van der Waals surface area contributed by atoms with E-state index in [1.54, 1.807) is 6.26 Å². The molecule has 0 N–H and O–H groups in total. The van der Waals surface area contributed by atoms with Crippen LogP contribution in [0.4, 0.5) is 17.1 Å². The molecule has 1 aliphatic heterocycles. The SMILES string of the molecule is CC(CCc1ccco1)N(C)c1cc(N2CCN(C)CC2)c([N+](=O)[O-])c2nonc12. The van der Waals surface area contributed by atoms with E-state index < -0.39 is 0 Å². The second-order valence-corrected chi connectivity index (χ2v) is 7.85. The zero-order valence-corrected chi connectivity index (χ0v) is 17.4. The van der Waals surface area contributed by atoms with Crippen LogP contribution in [0.15, 0.2) is 33.5 Å². The van der Waals surface area contributed by atoms with E-state index in [0.717, 1.165) is 37.4 Å². The minimum absolute atomic E-state index is 0.0452. The van der Waals surface area contributed by atoms with Gasteiger partial charge in [-0.15, -0.1) is 0 Å². The van der Waals surface area contributed by atoms with Crippen molar-refractivity contribution >= 4 is 28.1 Å². The Kier molecular flexibility index (Phi) is 5.58. The molecule has 1 aromatic carbocycles. The van der Waals surface area contributed by atoms with Crippen LogP contribution in [0.3, 0.4) is 0 Å². The summed E-state index contributed by atoms with van der Waals surface area (Å²) in [5.74, 6) is 0.935. The predicted molar refractivity (Wildman–Crippen MR) is 113 cm³/mol. The highest BCUT2D eigenvalue weighted by atomic mass is 16.6. The Bertz CT molecular complexity index is 1010. The van der Waals surface area contributed by atoms with Gasteiger partial charge >= 0.3 is 5.69 Å². The third kappa shape index (κ3) is 3.82. The highest BCUT2D eigenvalue weighted by Crippen LogP contribution is 2.41. The van der Waals surface area contributed by atoms with Gasteiger partial charge in [-0.25, -0.2) is 4.63 Å². The minimum Gasteiger partial charge on any atom is -0.469 e. The number of hydrogen-bond acceptors (Lipinski definition) is 9. The molecule has 0 radical (unpaired) electrons. The van der Waals surface area contributed by atoms with Crippen LogP contribution in [-0.4, -0.2) is 66.5 Å². The van der Waals surface area contributed by atoms with E-state index in [1.807, 2.05) is 25.2 Å². The number of fused-ring (bicyclic) bond motifs is 1.